The van der Waals surface area contributed by atoms with Crippen LogP contribution < -0.4 is 0 Å². The van der Waals surface area contributed by atoms with Gasteiger partial charge in [-0.25, -0.2) is 0 Å². The van der Waals surface area contributed by atoms with Gasteiger partial charge < -0.3 is 4.74 Å². The van der Waals surface area contributed by atoms with Gasteiger partial charge in [-0.15, -0.1) is 0 Å². The molecule has 0 rings (SSSR count). The predicted octanol–water partition coefficient (Wildman–Crippen LogP) is 1.85. The summed E-state index contributed by atoms with van der Waals surface area (Å²) >= 11 is 0. The largest absolute Gasteiger partial charge is 0.484 e. The van der Waals surface area contributed by atoms with Crippen LogP contribution in [0.2, 0.25) is 0 Å². The van der Waals surface area contributed by atoms with Crippen molar-refractivity contribution in [3.05, 3.63) is 0 Å². The standard InChI is InChI=1S/C7H15NO/c1-4-5-6-8-7(2)9-3/h4-6H2,1-3H3. The average Bonchev–Trinajstić information content (AvgIpc) is 1.89. The van der Waals surface area contributed by atoms with Crippen LogP contribution >= 0.6 is 0 Å². The second kappa shape index (κ2) is 5.60. The van der Waals surface area contributed by atoms with Gasteiger partial charge in [0.15, 0.2) is 5.90 Å². The Morgan fingerprint density at radius 1 is 1.56 bits per heavy atom. The van der Waals surface area contributed by atoms with E-state index in [-0.39, 0.29) is 0 Å². The van der Waals surface area contributed by atoms with Gasteiger partial charge in [0.05, 0.1) is 7.11 Å². The van der Waals surface area contributed by atoms with E-state index in [1.807, 2.05) is 6.92 Å². The fourth-order valence-corrected chi connectivity index (χ4v) is 0.459. The molecule has 0 heterocycles. The Labute approximate surface area is 56.9 Å². The number of aliphatic imine (C=N–C) groups is 1. The Bertz CT molecular complexity index is 88.9. The monoisotopic (exact) mass is 129 g/mol. The zero-order chi connectivity index (χ0) is 7.11. The third kappa shape index (κ3) is 5.34. The van der Waals surface area contributed by atoms with E-state index >= 15 is 0 Å². The lowest BCUT2D eigenvalue weighted by Crippen LogP contribution is -1.94. The quantitative estimate of drug-likeness (QED) is 0.324. The minimum Gasteiger partial charge on any atom is -0.484 e. The average molecular weight is 129 g/mol. The van der Waals surface area contributed by atoms with Gasteiger partial charge in [-0.05, 0) is 6.42 Å². The molecule has 0 aromatic carbocycles. The van der Waals surface area contributed by atoms with Gasteiger partial charge in [0, 0.05) is 13.5 Å². The lowest BCUT2D eigenvalue weighted by atomic mass is 10.3. The molecule has 0 amide bonds. The van der Waals surface area contributed by atoms with Crippen molar-refractivity contribution in [3.63, 3.8) is 0 Å². The molecule has 9 heavy (non-hydrogen) atoms. The van der Waals surface area contributed by atoms with Crippen LogP contribution in [0.15, 0.2) is 4.99 Å². The number of nitrogens with zero attached hydrogens (tertiary/aromatic N) is 1. The maximum absolute atomic E-state index is 4.85. The van der Waals surface area contributed by atoms with Crippen molar-refractivity contribution in [3.8, 4) is 0 Å². The van der Waals surface area contributed by atoms with Crippen LogP contribution in [0.3, 0.4) is 0 Å². The van der Waals surface area contributed by atoms with Crippen molar-refractivity contribution in [2.75, 3.05) is 13.7 Å². The van der Waals surface area contributed by atoms with Gasteiger partial charge in [0.2, 0.25) is 0 Å². The topological polar surface area (TPSA) is 21.6 Å². The lowest BCUT2D eigenvalue weighted by molar-refractivity contribution is 0.397. The predicted molar refractivity (Wildman–Crippen MR) is 39.9 cm³/mol. The number of rotatable bonds is 3. The first-order valence-electron chi connectivity index (χ1n) is 3.36. The lowest BCUT2D eigenvalue weighted by Gasteiger charge is -1.95. The van der Waals surface area contributed by atoms with Gasteiger partial charge in [0.25, 0.3) is 0 Å². The maximum Gasteiger partial charge on any atom is 0.179 e. The van der Waals surface area contributed by atoms with Crippen LogP contribution in [0.5, 0.6) is 0 Å². The van der Waals surface area contributed by atoms with Crippen LogP contribution in [-0.4, -0.2) is 19.6 Å². The highest BCUT2D eigenvalue weighted by Crippen LogP contribution is 1.87. The van der Waals surface area contributed by atoms with E-state index in [1.54, 1.807) is 7.11 Å². The smallest absolute Gasteiger partial charge is 0.179 e. The van der Waals surface area contributed by atoms with Crippen LogP contribution in [0.1, 0.15) is 26.7 Å². The van der Waals surface area contributed by atoms with Crippen LogP contribution in [0.4, 0.5) is 0 Å². The van der Waals surface area contributed by atoms with Crippen LogP contribution in [0, 0.1) is 0 Å². The second-order valence-electron chi connectivity index (χ2n) is 1.96. The van der Waals surface area contributed by atoms with E-state index in [0.717, 1.165) is 18.9 Å². The number of unbranched alkanes of at least 4 members (excludes halogenated alkanes) is 1. The summed E-state index contributed by atoms with van der Waals surface area (Å²) in [5.41, 5.74) is 0. The van der Waals surface area contributed by atoms with Gasteiger partial charge in [0.1, 0.15) is 0 Å². The molecule has 0 N–H and O–H groups in total. The molecule has 0 radical (unpaired) electrons. The van der Waals surface area contributed by atoms with Crippen molar-refractivity contribution >= 4 is 5.90 Å². The minimum absolute atomic E-state index is 0.781. The first-order chi connectivity index (χ1) is 4.31. The molecule has 0 bridgehead atoms. The fraction of sp³-hybridized carbons (Fsp3) is 0.857. The zero-order valence-electron chi connectivity index (χ0n) is 6.48. The third-order valence-corrected chi connectivity index (χ3v) is 1.14. The molecule has 0 aliphatic carbocycles. The molecule has 0 atom stereocenters. The number of methoxy groups -OCH3 is 1. The van der Waals surface area contributed by atoms with Crippen molar-refractivity contribution in [2.45, 2.75) is 26.7 Å². The molecular weight excluding hydrogens is 114 g/mol. The molecule has 0 aliphatic rings. The zero-order valence-corrected chi connectivity index (χ0v) is 6.48. The Kier molecular flexibility index (Phi) is 5.27. The summed E-state index contributed by atoms with van der Waals surface area (Å²) in [6, 6.07) is 0. The summed E-state index contributed by atoms with van der Waals surface area (Å²) in [5, 5.41) is 0. The van der Waals surface area contributed by atoms with E-state index in [1.165, 1.54) is 6.42 Å². The van der Waals surface area contributed by atoms with Crippen molar-refractivity contribution in [1.29, 1.82) is 0 Å². The Morgan fingerprint density at radius 3 is 2.67 bits per heavy atom. The summed E-state index contributed by atoms with van der Waals surface area (Å²) in [6.07, 6.45) is 2.35. The van der Waals surface area contributed by atoms with Crippen molar-refractivity contribution in [1.82, 2.24) is 0 Å². The second-order valence-corrected chi connectivity index (χ2v) is 1.96. The molecule has 54 valence electrons. The van der Waals surface area contributed by atoms with Crippen molar-refractivity contribution in [2.24, 2.45) is 4.99 Å². The molecular formula is C7H15NO. The summed E-state index contributed by atoms with van der Waals surface area (Å²) in [4.78, 5) is 4.13. The molecule has 0 saturated heterocycles. The highest BCUT2D eigenvalue weighted by molar-refractivity contribution is 5.72. The van der Waals surface area contributed by atoms with Gasteiger partial charge in [-0.3, -0.25) is 4.99 Å². The molecule has 2 heteroatoms. The fourth-order valence-electron chi connectivity index (χ4n) is 0.459. The molecule has 0 spiro atoms. The van der Waals surface area contributed by atoms with Gasteiger partial charge in [-0.1, -0.05) is 13.3 Å². The van der Waals surface area contributed by atoms with Gasteiger partial charge >= 0.3 is 0 Å². The Hall–Kier alpha value is -0.530. The van der Waals surface area contributed by atoms with E-state index in [9.17, 15) is 0 Å². The first-order valence-corrected chi connectivity index (χ1v) is 3.36. The molecule has 0 aromatic heterocycles. The Morgan fingerprint density at radius 2 is 2.22 bits per heavy atom. The van der Waals surface area contributed by atoms with Crippen LogP contribution in [-0.2, 0) is 4.74 Å². The summed E-state index contributed by atoms with van der Waals surface area (Å²) in [6.45, 7) is 4.92. The van der Waals surface area contributed by atoms with Crippen LogP contribution in [0.25, 0.3) is 0 Å². The summed E-state index contributed by atoms with van der Waals surface area (Å²) < 4.78 is 4.85. The Balaban J connectivity index is 3.21. The van der Waals surface area contributed by atoms with E-state index in [2.05, 4.69) is 11.9 Å². The molecule has 0 saturated carbocycles. The van der Waals surface area contributed by atoms with Gasteiger partial charge in [-0.2, -0.15) is 0 Å². The third-order valence-electron chi connectivity index (χ3n) is 1.14. The number of hydrogen-bond donors (Lipinski definition) is 0. The molecule has 2 nitrogen and oxygen atoms in total. The maximum atomic E-state index is 4.85. The SMILES string of the molecule is CCCCN=C(C)OC. The molecule has 0 fully saturated rings. The van der Waals surface area contributed by atoms with E-state index in [0.29, 0.717) is 0 Å². The highest BCUT2D eigenvalue weighted by atomic mass is 16.5. The van der Waals surface area contributed by atoms with Crippen molar-refractivity contribution < 1.29 is 4.74 Å². The van der Waals surface area contributed by atoms with E-state index < -0.39 is 0 Å². The normalized spacial score (nSPS) is 11.7. The first kappa shape index (κ1) is 8.47. The number of ether oxygens (including phenoxy) is 1. The molecule has 0 unspecified atom stereocenters. The summed E-state index contributed by atoms with van der Waals surface area (Å²) in [7, 11) is 1.64. The molecule has 0 aliphatic heterocycles. The number of hydrogen-bond acceptors (Lipinski definition) is 2. The summed E-state index contributed by atoms with van der Waals surface area (Å²) in [5.74, 6) is 0.781. The minimum atomic E-state index is 0.781. The highest BCUT2D eigenvalue weighted by Gasteiger charge is 1.83. The molecule has 0 aromatic rings. The van der Waals surface area contributed by atoms with E-state index in [4.69, 9.17) is 4.74 Å².